The zero-order chi connectivity index (χ0) is 22.5. The number of amides is 1. The Morgan fingerprint density at radius 3 is 2.62 bits per heavy atom. The molecule has 1 N–H and O–H groups in total. The van der Waals surface area contributed by atoms with Gasteiger partial charge in [0.15, 0.2) is 0 Å². The molecule has 0 spiro atoms. The topological polar surface area (TPSA) is 69.3 Å². The molecular weight excluding hydrogens is 409 g/mol. The zero-order valence-corrected chi connectivity index (χ0v) is 17.9. The van der Waals surface area contributed by atoms with Gasteiger partial charge in [0.05, 0.1) is 12.7 Å². The van der Waals surface area contributed by atoms with Crippen molar-refractivity contribution in [2.24, 2.45) is 7.05 Å². The van der Waals surface area contributed by atoms with E-state index in [0.717, 1.165) is 17.1 Å². The van der Waals surface area contributed by atoms with E-state index in [0.29, 0.717) is 23.5 Å². The van der Waals surface area contributed by atoms with Gasteiger partial charge in [-0.05, 0) is 42.0 Å². The summed E-state index contributed by atoms with van der Waals surface area (Å²) in [6.45, 7) is 0. The second-order valence-electron chi connectivity index (χ2n) is 7.42. The summed E-state index contributed by atoms with van der Waals surface area (Å²) in [5.41, 5.74) is 1.30. The molecule has 4 rings (SSSR count). The van der Waals surface area contributed by atoms with Crippen molar-refractivity contribution in [1.29, 1.82) is 0 Å². The zero-order valence-electron chi connectivity index (χ0n) is 17.9. The Bertz CT molecular complexity index is 1200. The van der Waals surface area contributed by atoms with E-state index in [1.807, 2.05) is 42.1 Å². The Morgan fingerprint density at radius 2 is 1.94 bits per heavy atom. The van der Waals surface area contributed by atoms with Crippen molar-refractivity contribution in [1.82, 2.24) is 14.9 Å². The first-order valence-corrected chi connectivity index (χ1v) is 10.3. The van der Waals surface area contributed by atoms with Gasteiger partial charge in [0.1, 0.15) is 35.0 Å². The summed E-state index contributed by atoms with van der Waals surface area (Å²) in [6, 6.07) is 17.1. The molecule has 0 aliphatic heterocycles. The fourth-order valence-electron chi connectivity index (χ4n) is 3.54. The van der Waals surface area contributed by atoms with Crippen LogP contribution in [0.1, 0.15) is 29.6 Å². The smallest absolute Gasteiger partial charge is 0.221 e. The van der Waals surface area contributed by atoms with Gasteiger partial charge in [0.25, 0.3) is 0 Å². The molecule has 2 aromatic carbocycles. The number of aryl methyl sites for hydroxylation is 2. The molecule has 7 heteroatoms. The van der Waals surface area contributed by atoms with Gasteiger partial charge >= 0.3 is 0 Å². The minimum Gasteiger partial charge on any atom is -0.497 e. The molecule has 0 aliphatic carbocycles. The minimum atomic E-state index is -0.404. The van der Waals surface area contributed by atoms with Crippen LogP contribution >= 0.6 is 0 Å². The number of nitrogens with zero attached hydrogens (tertiary/aromatic N) is 2. The third-order valence-electron chi connectivity index (χ3n) is 5.27. The molecule has 1 atom stereocenters. The molecule has 32 heavy (non-hydrogen) atoms. The van der Waals surface area contributed by atoms with Crippen molar-refractivity contribution < 1.29 is 18.3 Å². The molecule has 2 heterocycles. The standard InChI is InChI=1S/C25H24FN3O3/c1-29-16-15-27-25(29)24(17-7-9-18(31-2)10-8-17)28-23(30)14-12-19-11-13-22(32-19)20-5-3-4-6-21(20)26/h3-11,13,15-16,24H,12,14H2,1-2H3,(H,28,30). The monoisotopic (exact) mass is 433 g/mol. The number of methoxy groups -OCH3 is 1. The molecule has 0 fully saturated rings. The van der Waals surface area contributed by atoms with Crippen LogP contribution in [0.15, 0.2) is 77.5 Å². The van der Waals surface area contributed by atoms with Crippen LogP contribution in [0.4, 0.5) is 4.39 Å². The minimum absolute atomic E-state index is 0.141. The maximum Gasteiger partial charge on any atom is 0.221 e. The van der Waals surface area contributed by atoms with E-state index in [-0.39, 0.29) is 18.1 Å². The first kappa shape index (κ1) is 21.4. The molecule has 4 aromatic rings. The molecule has 1 amide bonds. The highest BCUT2D eigenvalue weighted by Gasteiger charge is 2.21. The van der Waals surface area contributed by atoms with Crippen molar-refractivity contribution >= 4 is 5.91 Å². The first-order chi connectivity index (χ1) is 15.5. The van der Waals surface area contributed by atoms with E-state index in [2.05, 4.69) is 10.3 Å². The Balaban J connectivity index is 1.45. The van der Waals surface area contributed by atoms with Crippen LogP contribution in [0.3, 0.4) is 0 Å². The Hall–Kier alpha value is -3.87. The van der Waals surface area contributed by atoms with E-state index in [9.17, 15) is 9.18 Å². The average molecular weight is 433 g/mol. The van der Waals surface area contributed by atoms with Gasteiger partial charge in [-0.1, -0.05) is 24.3 Å². The van der Waals surface area contributed by atoms with E-state index in [1.54, 1.807) is 43.6 Å². The number of ether oxygens (including phenoxy) is 1. The van der Waals surface area contributed by atoms with Crippen molar-refractivity contribution in [2.75, 3.05) is 7.11 Å². The number of imidazole rings is 1. The molecule has 0 saturated carbocycles. The number of halogens is 1. The van der Waals surface area contributed by atoms with Crippen LogP contribution in [-0.2, 0) is 18.3 Å². The molecule has 0 aliphatic rings. The lowest BCUT2D eigenvalue weighted by atomic mass is 10.1. The molecule has 2 aromatic heterocycles. The highest BCUT2D eigenvalue weighted by Crippen LogP contribution is 2.26. The van der Waals surface area contributed by atoms with Gasteiger partial charge in [-0.3, -0.25) is 4.79 Å². The van der Waals surface area contributed by atoms with E-state index >= 15 is 0 Å². The summed E-state index contributed by atoms with van der Waals surface area (Å²) in [5, 5.41) is 3.07. The van der Waals surface area contributed by atoms with Gasteiger partial charge in [0.2, 0.25) is 5.91 Å². The van der Waals surface area contributed by atoms with Crippen LogP contribution in [0.25, 0.3) is 11.3 Å². The molecule has 1 unspecified atom stereocenters. The average Bonchev–Trinajstić information content (AvgIpc) is 3.45. The lowest BCUT2D eigenvalue weighted by Gasteiger charge is -2.19. The van der Waals surface area contributed by atoms with E-state index in [1.165, 1.54) is 6.07 Å². The number of hydrogen-bond acceptors (Lipinski definition) is 4. The Morgan fingerprint density at radius 1 is 1.16 bits per heavy atom. The third kappa shape index (κ3) is 4.72. The summed E-state index contributed by atoms with van der Waals surface area (Å²) >= 11 is 0. The summed E-state index contributed by atoms with van der Waals surface area (Å²) < 4.78 is 26.8. The summed E-state index contributed by atoms with van der Waals surface area (Å²) in [7, 11) is 3.50. The van der Waals surface area contributed by atoms with Gasteiger partial charge < -0.3 is 19.0 Å². The predicted octanol–water partition coefficient (Wildman–Crippen LogP) is 4.67. The third-order valence-corrected chi connectivity index (χ3v) is 5.27. The van der Waals surface area contributed by atoms with E-state index in [4.69, 9.17) is 9.15 Å². The number of hydrogen-bond donors (Lipinski definition) is 1. The molecular formula is C25H24FN3O3. The van der Waals surface area contributed by atoms with Crippen molar-refractivity contribution in [3.8, 4) is 17.1 Å². The quantitative estimate of drug-likeness (QED) is 0.439. The van der Waals surface area contributed by atoms with Gasteiger partial charge in [-0.25, -0.2) is 9.37 Å². The van der Waals surface area contributed by atoms with Crippen LogP contribution in [0.5, 0.6) is 5.75 Å². The number of carbonyl (C=O) groups is 1. The van der Waals surface area contributed by atoms with Gasteiger partial charge in [-0.15, -0.1) is 0 Å². The fraction of sp³-hybridized carbons (Fsp3) is 0.200. The van der Waals surface area contributed by atoms with Crippen LogP contribution in [0.2, 0.25) is 0 Å². The van der Waals surface area contributed by atoms with Crippen LogP contribution in [0, 0.1) is 5.82 Å². The molecule has 164 valence electrons. The lowest BCUT2D eigenvalue weighted by Crippen LogP contribution is -2.31. The highest BCUT2D eigenvalue weighted by molar-refractivity contribution is 5.77. The van der Waals surface area contributed by atoms with Crippen LogP contribution < -0.4 is 10.1 Å². The number of rotatable bonds is 8. The number of benzene rings is 2. The van der Waals surface area contributed by atoms with Gasteiger partial charge in [-0.2, -0.15) is 0 Å². The second-order valence-corrected chi connectivity index (χ2v) is 7.42. The first-order valence-electron chi connectivity index (χ1n) is 10.3. The molecule has 0 saturated heterocycles. The van der Waals surface area contributed by atoms with Crippen molar-refractivity contribution in [2.45, 2.75) is 18.9 Å². The van der Waals surface area contributed by atoms with Crippen molar-refractivity contribution in [3.63, 3.8) is 0 Å². The Labute approximate surface area is 185 Å². The van der Waals surface area contributed by atoms with Crippen molar-refractivity contribution in [3.05, 3.63) is 96.0 Å². The number of furan rings is 1. The summed E-state index contributed by atoms with van der Waals surface area (Å²) in [4.78, 5) is 17.2. The normalized spacial score (nSPS) is 11.8. The van der Waals surface area contributed by atoms with E-state index < -0.39 is 6.04 Å². The maximum atomic E-state index is 14.0. The predicted molar refractivity (Wildman–Crippen MR) is 119 cm³/mol. The number of carbonyl (C=O) groups excluding carboxylic acids is 1. The molecule has 0 bridgehead atoms. The lowest BCUT2D eigenvalue weighted by molar-refractivity contribution is -0.121. The Kier molecular flexibility index (Phi) is 6.35. The highest BCUT2D eigenvalue weighted by atomic mass is 19.1. The molecule has 6 nitrogen and oxygen atoms in total. The SMILES string of the molecule is COc1ccc(C(NC(=O)CCc2ccc(-c3ccccc3F)o2)c2nccn2C)cc1. The summed E-state index contributed by atoms with van der Waals surface area (Å²) in [6.07, 6.45) is 4.16. The fourth-order valence-corrected chi connectivity index (χ4v) is 3.54. The summed E-state index contributed by atoms with van der Waals surface area (Å²) in [5.74, 6) is 2.05. The second kappa shape index (κ2) is 9.51. The van der Waals surface area contributed by atoms with Crippen LogP contribution in [-0.4, -0.2) is 22.6 Å². The largest absolute Gasteiger partial charge is 0.497 e. The molecule has 0 radical (unpaired) electrons. The maximum absolute atomic E-state index is 14.0. The number of nitrogens with one attached hydrogen (secondary N) is 1. The van der Waals surface area contributed by atoms with Gasteiger partial charge in [0, 0.05) is 32.3 Å². The number of aromatic nitrogens is 2.